The first-order valence-corrected chi connectivity index (χ1v) is 9.20. The van der Waals surface area contributed by atoms with Crippen LogP contribution in [-0.4, -0.2) is 38.7 Å². The number of sulfonamides is 1. The zero-order valence-electron chi connectivity index (χ0n) is 11.4. The van der Waals surface area contributed by atoms with E-state index in [1.807, 2.05) is 31.2 Å². The number of nitrogen functional groups attached to an aromatic ring is 1. The van der Waals surface area contributed by atoms with Crippen LogP contribution in [0.5, 0.6) is 0 Å². The fraction of sp³-hybridized carbons (Fsp3) is 0.538. The van der Waals surface area contributed by atoms with Crippen LogP contribution < -0.4 is 10.5 Å². The maximum absolute atomic E-state index is 12.0. The van der Waals surface area contributed by atoms with Crippen molar-refractivity contribution in [3.63, 3.8) is 0 Å². The van der Waals surface area contributed by atoms with Gasteiger partial charge in [-0.15, -0.1) is 11.8 Å². The van der Waals surface area contributed by atoms with Gasteiger partial charge in [-0.2, -0.15) is 0 Å². The van der Waals surface area contributed by atoms with Crippen LogP contribution in [-0.2, 0) is 14.8 Å². The number of rotatable bonds is 6. The fourth-order valence-electron chi connectivity index (χ4n) is 2.01. The van der Waals surface area contributed by atoms with E-state index in [1.165, 1.54) is 11.8 Å². The Hall–Kier alpha value is -0.760. The van der Waals surface area contributed by atoms with Crippen molar-refractivity contribution >= 4 is 27.5 Å². The third-order valence-electron chi connectivity index (χ3n) is 3.21. The highest BCUT2D eigenvalue weighted by molar-refractivity contribution is 8.00. The van der Waals surface area contributed by atoms with Gasteiger partial charge in [-0.25, -0.2) is 13.1 Å². The quantitative estimate of drug-likeness (QED) is 0.613. The van der Waals surface area contributed by atoms with Crippen LogP contribution in [0.25, 0.3) is 0 Å². The van der Waals surface area contributed by atoms with Crippen LogP contribution in [0.1, 0.15) is 13.3 Å². The number of thioether (sulfide) groups is 1. The molecule has 20 heavy (non-hydrogen) atoms. The van der Waals surface area contributed by atoms with Gasteiger partial charge in [0.15, 0.2) is 0 Å². The van der Waals surface area contributed by atoms with Crippen LogP contribution in [0, 0.1) is 0 Å². The van der Waals surface area contributed by atoms with E-state index in [4.69, 9.17) is 10.5 Å². The Labute approximate surface area is 124 Å². The molecule has 1 fully saturated rings. The zero-order valence-corrected chi connectivity index (χ0v) is 13.0. The smallest absolute Gasteiger partial charge is 0.212 e. The maximum atomic E-state index is 12.0. The summed E-state index contributed by atoms with van der Waals surface area (Å²) in [5.74, 6) is 0.618. The summed E-state index contributed by atoms with van der Waals surface area (Å²) in [6, 6.07) is 7.32. The van der Waals surface area contributed by atoms with E-state index in [0.717, 1.165) is 11.3 Å². The second kappa shape index (κ2) is 6.80. The molecule has 1 heterocycles. The van der Waals surface area contributed by atoms with Gasteiger partial charge in [0.2, 0.25) is 10.0 Å². The molecular weight excluding hydrogens is 296 g/mol. The summed E-state index contributed by atoms with van der Waals surface area (Å²) < 4.78 is 32.0. The molecule has 1 saturated heterocycles. The number of hydrogen-bond acceptors (Lipinski definition) is 5. The van der Waals surface area contributed by atoms with E-state index in [0.29, 0.717) is 18.0 Å². The Morgan fingerprint density at radius 2 is 2.10 bits per heavy atom. The summed E-state index contributed by atoms with van der Waals surface area (Å²) >= 11 is 1.51. The number of hydrogen-bond donors (Lipinski definition) is 2. The monoisotopic (exact) mass is 316 g/mol. The fourth-order valence-corrected chi connectivity index (χ4v) is 4.67. The molecule has 1 aromatic carbocycles. The highest BCUT2D eigenvalue weighted by Crippen LogP contribution is 2.19. The minimum atomic E-state index is -3.25. The maximum Gasteiger partial charge on any atom is 0.212 e. The second-order valence-electron chi connectivity index (χ2n) is 4.83. The topological polar surface area (TPSA) is 81.4 Å². The highest BCUT2D eigenvalue weighted by atomic mass is 32.2. The molecule has 0 aliphatic carbocycles. The summed E-state index contributed by atoms with van der Waals surface area (Å²) in [7, 11) is -3.25. The Morgan fingerprint density at radius 3 is 2.70 bits per heavy atom. The van der Waals surface area contributed by atoms with Gasteiger partial charge >= 0.3 is 0 Å². The van der Waals surface area contributed by atoms with E-state index in [2.05, 4.69) is 4.72 Å². The normalized spacial score (nSPS) is 23.1. The third-order valence-corrected chi connectivity index (χ3v) is 5.88. The molecule has 1 aliphatic rings. The van der Waals surface area contributed by atoms with Crippen molar-refractivity contribution in [1.82, 2.24) is 4.72 Å². The van der Waals surface area contributed by atoms with Crippen molar-refractivity contribution in [1.29, 1.82) is 0 Å². The molecule has 2 unspecified atom stereocenters. The van der Waals surface area contributed by atoms with Crippen LogP contribution >= 0.6 is 11.8 Å². The second-order valence-corrected chi connectivity index (χ2v) is 7.87. The van der Waals surface area contributed by atoms with E-state index in [1.54, 1.807) is 0 Å². The van der Waals surface area contributed by atoms with Gasteiger partial charge < -0.3 is 10.5 Å². The van der Waals surface area contributed by atoms with Crippen LogP contribution in [0.15, 0.2) is 29.2 Å². The van der Waals surface area contributed by atoms with Crippen molar-refractivity contribution < 1.29 is 13.2 Å². The van der Waals surface area contributed by atoms with Gasteiger partial charge in [-0.1, -0.05) is 0 Å². The first kappa shape index (κ1) is 15.6. The number of nitrogens with two attached hydrogens (primary N) is 1. The van der Waals surface area contributed by atoms with Crippen LogP contribution in [0.3, 0.4) is 0 Å². The Bertz CT molecular complexity index is 531. The largest absolute Gasteiger partial charge is 0.399 e. The Kier molecular flexibility index (Phi) is 5.31. The lowest BCUT2D eigenvalue weighted by atomic mass is 10.2. The number of ether oxygens (including phenoxy) is 1. The van der Waals surface area contributed by atoms with E-state index >= 15 is 0 Å². The summed E-state index contributed by atoms with van der Waals surface area (Å²) in [6.07, 6.45) is 0.695. The number of anilines is 1. The lowest BCUT2D eigenvalue weighted by Crippen LogP contribution is -2.40. The molecule has 1 aromatic rings. The molecule has 3 N–H and O–H groups in total. The first-order valence-electron chi connectivity index (χ1n) is 6.56. The molecule has 2 rings (SSSR count). The highest BCUT2D eigenvalue weighted by Gasteiger charge is 2.28. The molecule has 0 aromatic heterocycles. The molecule has 2 atom stereocenters. The van der Waals surface area contributed by atoms with Crippen molar-refractivity contribution in [2.24, 2.45) is 0 Å². The van der Waals surface area contributed by atoms with Crippen molar-refractivity contribution in [3.05, 3.63) is 24.3 Å². The SMILES string of the molecule is CC1OCCC1NS(=O)(=O)CCSc1ccc(N)cc1. The van der Waals surface area contributed by atoms with Gasteiger partial charge in [0.05, 0.1) is 11.9 Å². The van der Waals surface area contributed by atoms with E-state index in [-0.39, 0.29) is 17.9 Å². The molecule has 0 spiro atoms. The molecule has 0 saturated carbocycles. The molecule has 0 radical (unpaired) electrons. The minimum absolute atomic E-state index is 0.0467. The number of nitrogens with one attached hydrogen (secondary N) is 1. The molecule has 5 nitrogen and oxygen atoms in total. The van der Waals surface area contributed by atoms with Gasteiger partial charge in [-0.3, -0.25) is 0 Å². The Morgan fingerprint density at radius 1 is 1.40 bits per heavy atom. The summed E-state index contributed by atoms with van der Waals surface area (Å²) in [5, 5.41) is 0. The summed E-state index contributed by atoms with van der Waals surface area (Å²) in [5.41, 5.74) is 6.31. The van der Waals surface area contributed by atoms with Crippen LogP contribution in [0.2, 0.25) is 0 Å². The van der Waals surface area contributed by atoms with Crippen molar-refractivity contribution in [3.8, 4) is 0 Å². The summed E-state index contributed by atoms with van der Waals surface area (Å²) in [6.45, 7) is 2.51. The van der Waals surface area contributed by atoms with Gasteiger partial charge in [-0.05, 0) is 37.6 Å². The van der Waals surface area contributed by atoms with Gasteiger partial charge in [0.25, 0.3) is 0 Å². The van der Waals surface area contributed by atoms with E-state index in [9.17, 15) is 8.42 Å². The van der Waals surface area contributed by atoms with Crippen molar-refractivity contribution in [2.75, 3.05) is 23.8 Å². The van der Waals surface area contributed by atoms with Gasteiger partial charge in [0, 0.05) is 29.0 Å². The average molecular weight is 316 g/mol. The average Bonchev–Trinajstić information content (AvgIpc) is 2.77. The minimum Gasteiger partial charge on any atom is -0.399 e. The van der Waals surface area contributed by atoms with Crippen LogP contribution in [0.4, 0.5) is 5.69 Å². The standard InChI is InChI=1S/C13H20N2O3S2/c1-10-13(6-7-18-10)15-20(16,17)9-8-19-12-4-2-11(14)3-5-12/h2-5,10,13,15H,6-9,14H2,1H3. The molecule has 0 bridgehead atoms. The predicted octanol–water partition coefficient (Wildman–Crippen LogP) is 1.46. The number of benzene rings is 1. The molecule has 7 heteroatoms. The molecule has 0 amide bonds. The third kappa shape index (κ3) is 4.66. The molecule has 112 valence electrons. The molecule has 1 aliphatic heterocycles. The lowest BCUT2D eigenvalue weighted by molar-refractivity contribution is 0.117. The first-order chi connectivity index (χ1) is 9.46. The van der Waals surface area contributed by atoms with Gasteiger partial charge in [0.1, 0.15) is 0 Å². The summed E-state index contributed by atoms with van der Waals surface area (Å²) in [4.78, 5) is 1.02. The van der Waals surface area contributed by atoms with Crippen molar-refractivity contribution in [2.45, 2.75) is 30.4 Å². The molecular formula is C13H20N2O3S2. The van der Waals surface area contributed by atoms with E-state index < -0.39 is 10.0 Å². The lowest BCUT2D eigenvalue weighted by Gasteiger charge is -2.16. The Balaban J connectivity index is 1.79. The zero-order chi connectivity index (χ0) is 14.6. The predicted molar refractivity (Wildman–Crippen MR) is 82.3 cm³/mol.